The van der Waals surface area contributed by atoms with Crippen molar-refractivity contribution in [2.75, 3.05) is 13.1 Å². The molecule has 1 aromatic carbocycles. The van der Waals surface area contributed by atoms with Crippen molar-refractivity contribution in [1.82, 2.24) is 10.2 Å². The highest BCUT2D eigenvalue weighted by molar-refractivity contribution is 9.10. The summed E-state index contributed by atoms with van der Waals surface area (Å²) in [4.78, 5) is 25.0. The van der Waals surface area contributed by atoms with Gasteiger partial charge in [0.15, 0.2) is 0 Å². The molecular weight excluding hydrogens is 320 g/mol. The van der Waals surface area contributed by atoms with Crippen LogP contribution in [0.2, 0.25) is 0 Å². The SMILES string of the molecule is CC(=O)NCC(=O)N(Cc1cccc(Br)c1)CC1CC1. The molecule has 2 rings (SSSR count). The van der Waals surface area contributed by atoms with E-state index < -0.39 is 0 Å². The molecule has 0 saturated heterocycles. The second kappa shape index (κ2) is 6.88. The minimum atomic E-state index is -0.174. The Morgan fingerprint density at radius 1 is 1.40 bits per heavy atom. The lowest BCUT2D eigenvalue weighted by Crippen LogP contribution is -2.40. The Labute approximate surface area is 127 Å². The van der Waals surface area contributed by atoms with E-state index in [4.69, 9.17) is 0 Å². The maximum Gasteiger partial charge on any atom is 0.242 e. The normalized spacial score (nSPS) is 13.9. The van der Waals surface area contributed by atoms with Crippen molar-refractivity contribution in [3.8, 4) is 0 Å². The summed E-state index contributed by atoms with van der Waals surface area (Å²) >= 11 is 3.44. The van der Waals surface area contributed by atoms with Gasteiger partial charge in [-0.15, -0.1) is 0 Å². The highest BCUT2D eigenvalue weighted by Crippen LogP contribution is 2.30. The Morgan fingerprint density at radius 2 is 2.15 bits per heavy atom. The molecule has 0 aromatic heterocycles. The van der Waals surface area contributed by atoms with Crippen molar-refractivity contribution in [2.24, 2.45) is 5.92 Å². The molecule has 2 amide bonds. The second-order valence-electron chi connectivity index (χ2n) is 5.26. The van der Waals surface area contributed by atoms with Crippen molar-refractivity contribution < 1.29 is 9.59 Å². The van der Waals surface area contributed by atoms with Gasteiger partial charge < -0.3 is 10.2 Å². The average Bonchev–Trinajstić information content (AvgIpc) is 3.19. The lowest BCUT2D eigenvalue weighted by atomic mass is 10.2. The first-order valence-corrected chi connectivity index (χ1v) is 7.60. The van der Waals surface area contributed by atoms with E-state index in [2.05, 4.69) is 21.2 Å². The number of hydrogen-bond acceptors (Lipinski definition) is 2. The monoisotopic (exact) mass is 338 g/mol. The zero-order valence-electron chi connectivity index (χ0n) is 11.6. The van der Waals surface area contributed by atoms with Crippen LogP contribution in [0.5, 0.6) is 0 Å². The highest BCUT2D eigenvalue weighted by Gasteiger charge is 2.26. The molecule has 1 aliphatic carbocycles. The fourth-order valence-electron chi connectivity index (χ4n) is 2.03. The van der Waals surface area contributed by atoms with Crippen LogP contribution in [-0.2, 0) is 16.1 Å². The molecule has 1 aliphatic rings. The summed E-state index contributed by atoms with van der Waals surface area (Å²) in [6.07, 6.45) is 2.39. The maximum atomic E-state index is 12.2. The maximum absolute atomic E-state index is 12.2. The summed E-state index contributed by atoms with van der Waals surface area (Å²) in [6, 6.07) is 7.96. The second-order valence-corrected chi connectivity index (χ2v) is 6.17. The lowest BCUT2D eigenvalue weighted by molar-refractivity contribution is -0.133. The van der Waals surface area contributed by atoms with E-state index >= 15 is 0 Å². The molecular formula is C15H19BrN2O2. The zero-order chi connectivity index (χ0) is 14.5. The Kier molecular flexibility index (Phi) is 5.17. The molecule has 0 atom stereocenters. The number of amides is 2. The molecule has 0 spiro atoms. The van der Waals surface area contributed by atoms with E-state index in [1.165, 1.54) is 19.8 Å². The van der Waals surface area contributed by atoms with E-state index in [0.29, 0.717) is 12.5 Å². The van der Waals surface area contributed by atoms with Gasteiger partial charge in [0.2, 0.25) is 11.8 Å². The molecule has 0 aliphatic heterocycles. The highest BCUT2D eigenvalue weighted by atomic mass is 79.9. The quantitative estimate of drug-likeness (QED) is 0.865. The van der Waals surface area contributed by atoms with Gasteiger partial charge in [0.05, 0.1) is 6.54 Å². The fraction of sp³-hybridized carbons (Fsp3) is 0.467. The van der Waals surface area contributed by atoms with Gasteiger partial charge in [0.1, 0.15) is 0 Å². The van der Waals surface area contributed by atoms with Crippen molar-refractivity contribution in [2.45, 2.75) is 26.3 Å². The van der Waals surface area contributed by atoms with Crippen LogP contribution in [0.1, 0.15) is 25.3 Å². The molecule has 0 unspecified atom stereocenters. The third kappa shape index (κ3) is 4.96. The summed E-state index contributed by atoms with van der Waals surface area (Å²) in [5.74, 6) is 0.433. The third-order valence-corrected chi connectivity index (χ3v) is 3.77. The Bertz CT molecular complexity index is 500. The van der Waals surface area contributed by atoms with E-state index in [9.17, 15) is 9.59 Å². The molecule has 1 N–H and O–H groups in total. The van der Waals surface area contributed by atoms with Crippen LogP contribution in [0.25, 0.3) is 0 Å². The molecule has 1 saturated carbocycles. The van der Waals surface area contributed by atoms with Gasteiger partial charge in [-0.1, -0.05) is 28.1 Å². The molecule has 1 fully saturated rings. The molecule has 1 aromatic rings. The summed E-state index contributed by atoms with van der Waals surface area (Å²) < 4.78 is 1.01. The Hall–Kier alpha value is -1.36. The smallest absolute Gasteiger partial charge is 0.242 e. The van der Waals surface area contributed by atoms with Crippen molar-refractivity contribution >= 4 is 27.7 Å². The molecule has 4 nitrogen and oxygen atoms in total. The standard InChI is InChI=1S/C15H19BrN2O2/c1-11(19)17-8-15(20)18(9-12-5-6-12)10-13-3-2-4-14(16)7-13/h2-4,7,12H,5-6,8-10H2,1H3,(H,17,19). The van der Waals surface area contributed by atoms with Gasteiger partial charge in [-0.2, -0.15) is 0 Å². The number of benzene rings is 1. The number of halogens is 1. The van der Waals surface area contributed by atoms with Crippen LogP contribution in [-0.4, -0.2) is 29.8 Å². The topological polar surface area (TPSA) is 49.4 Å². The summed E-state index contributed by atoms with van der Waals surface area (Å²) in [5.41, 5.74) is 1.09. The zero-order valence-corrected chi connectivity index (χ0v) is 13.1. The largest absolute Gasteiger partial charge is 0.347 e. The van der Waals surface area contributed by atoms with Crippen LogP contribution in [0, 0.1) is 5.92 Å². The molecule has 0 bridgehead atoms. The van der Waals surface area contributed by atoms with Gasteiger partial charge in [-0.25, -0.2) is 0 Å². The van der Waals surface area contributed by atoms with E-state index in [1.807, 2.05) is 29.2 Å². The van der Waals surface area contributed by atoms with Crippen LogP contribution in [0.4, 0.5) is 0 Å². The van der Waals surface area contributed by atoms with Crippen LogP contribution in [0.3, 0.4) is 0 Å². The van der Waals surface area contributed by atoms with Gasteiger partial charge in [-0.3, -0.25) is 9.59 Å². The number of hydrogen-bond donors (Lipinski definition) is 1. The third-order valence-electron chi connectivity index (χ3n) is 3.28. The van der Waals surface area contributed by atoms with E-state index in [-0.39, 0.29) is 18.4 Å². The Balaban J connectivity index is 1.98. The lowest BCUT2D eigenvalue weighted by Gasteiger charge is -2.23. The summed E-state index contributed by atoms with van der Waals surface area (Å²) in [6.45, 7) is 2.88. The van der Waals surface area contributed by atoms with Crippen LogP contribution < -0.4 is 5.32 Å². The summed E-state index contributed by atoms with van der Waals surface area (Å²) in [7, 11) is 0. The van der Waals surface area contributed by atoms with Gasteiger partial charge in [0, 0.05) is 24.5 Å². The fourth-order valence-corrected chi connectivity index (χ4v) is 2.48. The Morgan fingerprint density at radius 3 is 2.75 bits per heavy atom. The van der Waals surface area contributed by atoms with Crippen molar-refractivity contribution in [3.63, 3.8) is 0 Å². The first kappa shape index (κ1) is 15.0. The van der Waals surface area contributed by atoms with Crippen molar-refractivity contribution in [1.29, 1.82) is 0 Å². The number of carbonyl (C=O) groups excluding carboxylic acids is 2. The molecule has 5 heteroatoms. The first-order chi connectivity index (χ1) is 9.54. The molecule has 20 heavy (non-hydrogen) atoms. The minimum Gasteiger partial charge on any atom is -0.347 e. The van der Waals surface area contributed by atoms with Crippen molar-refractivity contribution in [3.05, 3.63) is 34.3 Å². The first-order valence-electron chi connectivity index (χ1n) is 6.81. The molecule has 108 valence electrons. The average molecular weight is 339 g/mol. The number of nitrogens with one attached hydrogen (secondary N) is 1. The van der Waals surface area contributed by atoms with Gasteiger partial charge in [0.25, 0.3) is 0 Å². The molecule has 0 radical (unpaired) electrons. The van der Waals surface area contributed by atoms with Gasteiger partial charge in [-0.05, 0) is 36.5 Å². The van der Waals surface area contributed by atoms with Gasteiger partial charge >= 0.3 is 0 Å². The van der Waals surface area contributed by atoms with E-state index in [1.54, 1.807) is 0 Å². The number of rotatable bonds is 6. The number of carbonyl (C=O) groups is 2. The van der Waals surface area contributed by atoms with Crippen LogP contribution >= 0.6 is 15.9 Å². The predicted molar refractivity (Wildman–Crippen MR) is 81.0 cm³/mol. The van der Waals surface area contributed by atoms with Crippen LogP contribution in [0.15, 0.2) is 28.7 Å². The summed E-state index contributed by atoms with van der Waals surface area (Å²) in [5, 5.41) is 2.58. The van der Waals surface area contributed by atoms with E-state index in [0.717, 1.165) is 16.6 Å². The minimum absolute atomic E-state index is 0.0212. The predicted octanol–water partition coefficient (Wildman–Crippen LogP) is 2.32. The number of nitrogens with zero attached hydrogens (tertiary/aromatic N) is 1. The molecule has 0 heterocycles.